The van der Waals surface area contributed by atoms with Gasteiger partial charge < -0.3 is 4.42 Å². The molecule has 2 aromatic carbocycles. The molecule has 0 spiro atoms. The first-order valence-electron chi connectivity index (χ1n) is 7.04. The summed E-state index contributed by atoms with van der Waals surface area (Å²) in [5.41, 5.74) is 5.99. The van der Waals surface area contributed by atoms with Gasteiger partial charge >= 0.3 is 0 Å². The largest absolute Gasteiger partial charge is 0.436 e. The van der Waals surface area contributed by atoms with E-state index < -0.39 is 0 Å². The molecule has 0 aliphatic rings. The van der Waals surface area contributed by atoms with Gasteiger partial charge in [0.15, 0.2) is 5.58 Å². The van der Waals surface area contributed by atoms with Gasteiger partial charge in [-0.15, -0.1) is 10.2 Å². The van der Waals surface area contributed by atoms with Crippen molar-refractivity contribution in [3.8, 4) is 17.1 Å². The minimum Gasteiger partial charge on any atom is -0.436 e. The van der Waals surface area contributed by atoms with Crippen molar-refractivity contribution < 1.29 is 4.42 Å². The van der Waals surface area contributed by atoms with Gasteiger partial charge in [0.05, 0.1) is 0 Å². The van der Waals surface area contributed by atoms with Crippen molar-refractivity contribution in [2.75, 3.05) is 0 Å². The molecule has 5 nitrogen and oxygen atoms in total. The van der Waals surface area contributed by atoms with Crippen LogP contribution in [0.1, 0.15) is 11.1 Å². The van der Waals surface area contributed by atoms with E-state index in [0.29, 0.717) is 5.89 Å². The van der Waals surface area contributed by atoms with Crippen LogP contribution < -0.4 is 0 Å². The minimum atomic E-state index is 0.638. The highest BCUT2D eigenvalue weighted by Gasteiger charge is 2.10. The molecule has 4 rings (SSSR count). The van der Waals surface area contributed by atoms with Gasteiger partial charge in [-0.2, -0.15) is 0 Å². The topological polar surface area (TPSA) is 56.7 Å². The van der Waals surface area contributed by atoms with Crippen molar-refractivity contribution in [3.05, 3.63) is 60.2 Å². The molecule has 108 valence electrons. The molecule has 0 radical (unpaired) electrons. The van der Waals surface area contributed by atoms with Crippen LogP contribution >= 0.6 is 0 Å². The second-order valence-electron chi connectivity index (χ2n) is 5.37. The van der Waals surface area contributed by atoms with E-state index in [1.807, 2.05) is 41.8 Å². The van der Waals surface area contributed by atoms with Crippen LogP contribution in [0.4, 0.5) is 0 Å². The van der Waals surface area contributed by atoms with E-state index in [9.17, 15) is 0 Å². The number of rotatable bonds is 2. The van der Waals surface area contributed by atoms with Crippen molar-refractivity contribution in [2.24, 2.45) is 0 Å². The molecule has 0 saturated carbocycles. The van der Waals surface area contributed by atoms with Gasteiger partial charge in [-0.3, -0.25) is 4.57 Å². The molecule has 2 heterocycles. The summed E-state index contributed by atoms with van der Waals surface area (Å²) < 4.78 is 7.78. The summed E-state index contributed by atoms with van der Waals surface area (Å²) in [4.78, 5) is 4.60. The molecule has 0 aliphatic heterocycles. The predicted molar refractivity (Wildman–Crippen MR) is 83.8 cm³/mol. The molecule has 0 fully saturated rings. The van der Waals surface area contributed by atoms with Crippen LogP contribution in [0.15, 0.2) is 53.5 Å². The quantitative estimate of drug-likeness (QED) is 0.565. The molecule has 0 unspecified atom stereocenters. The van der Waals surface area contributed by atoms with Gasteiger partial charge in [0.25, 0.3) is 0 Å². The Kier molecular flexibility index (Phi) is 2.79. The first-order chi connectivity index (χ1) is 10.7. The Morgan fingerprint density at radius 3 is 2.41 bits per heavy atom. The van der Waals surface area contributed by atoms with Crippen molar-refractivity contribution >= 4 is 11.1 Å². The lowest BCUT2D eigenvalue weighted by Gasteiger charge is -2.01. The molecule has 5 heteroatoms. The van der Waals surface area contributed by atoms with Gasteiger partial charge in [0, 0.05) is 11.3 Å². The lowest BCUT2D eigenvalue weighted by atomic mass is 10.1. The van der Waals surface area contributed by atoms with E-state index in [1.165, 1.54) is 5.56 Å². The maximum absolute atomic E-state index is 5.93. The summed E-state index contributed by atoms with van der Waals surface area (Å²) >= 11 is 0. The Labute approximate surface area is 127 Å². The molecule has 0 N–H and O–H groups in total. The van der Waals surface area contributed by atoms with Crippen LogP contribution in [0, 0.1) is 13.8 Å². The van der Waals surface area contributed by atoms with Crippen LogP contribution in [0.2, 0.25) is 0 Å². The SMILES string of the molecule is Cc1cc(C)c2oc(-c3ccc(-n4cnnc4)cc3)nc2c1. The third-order valence-electron chi connectivity index (χ3n) is 3.65. The van der Waals surface area contributed by atoms with E-state index >= 15 is 0 Å². The average Bonchev–Trinajstić information content (AvgIpc) is 3.16. The molecule has 0 saturated heterocycles. The van der Waals surface area contributed by atoms with Crippen LogP contribution in [-0.2, 0) is 0 Å². The summed E-state index contributed by atoms with van der Waals surface area (Å²) in [6, 6.07) is 12.1. The van der Waals surface area contributed by atoms with Crippen molar-refractivity contribution in [1.29, 1.82) is 0 Å². The fourth-order valence-electron chi connectivity index (χ4n) is 2.61. The minimum absolute atomic E-state index is 0.638. The lowest BCUT2D eigenvalue weighted by Crippen LogP contribution is -1.89. The average molecular weight is 290 g/mol. The normalized spacial score (nSPS) is 11.2. The van der Waals surface area contributed by atoms with Crippen LogP contribution in [0.25, 0.3) is 28.2 Å². The van der Waals surface area contributed by atoms with E-state index in [1.54, 1.807) is 12.7 Å². The van der Waals surface area contributed by atoms with E-state index in [4.69, 9.17) is 4.42 Å². The van der Waals surface area contributed by atoms with Gasteiger partial charge in [0.1, 0.15) is 18.2 Å². The Hall–Kier alpha value is -2.95. The fourth-order valence-corrected chi connectivity index (χ4v) is 2.61. The second kappa shape index (κ2) is 4.80. The molecule has 0 atom stereocenters. The molecule has 22 heavy (non-hydrogen) atoms. The number of hydrogen-bond acceptors (Lipinski definition) is 4. The molecule has 2 aromatic heterocycles. The predicted octanol–water partition coefficient (Wildman–Crippen LogP) is 3.69. The maximum Gasteiger partial charge on any atom is 0.227 e. The monoisotopic (exact) mass is 290 g/mol. The van der Waals surface area contributed by atoms with E-state index in [-0.39, 0.29) is 0 Å². The third-order valence-corrected chi connectivity index (χ3v) is 3.65. The molecule has 0 aliphatic carbocycles. The summed E-state index contributed by atoms with van der Waals surface area (Å²) in [6.07, 6.45) is 3.33. The maximum atomic E-state index is 5.93. The third kappa shape index (κ3) is 2.07. The molecule has 4 aromatic rings. The molecular formula is C17H14N4O. The van der Waals surface area contributed by atoms with Gasteiger partial charge in [0.2, 0.25) is 5.89 Å². The zero-order chi connectivity index (χ0) is 15.1. The number of benzene rings is 2. The summed E-state index contributed by atoms with van der Waals surface area (Å²) in [5.74, 6) is 0.638. The van der Waals surface area contributed by atoms with Crippen LogP contribution in [0.3, 0.4) is 0 Å². The zero-order valence-corrected chi connectivity index (χ0v) is 12.3. The number of hydrogen-bond donors (Lipinski definition) is 0. The van der Waals surface area contributed by atoms with E-state index in [0.717, 1.165) is 27.9 Å². The second-order valence-corrected chi connectivity index (χ2v) is 5.37. The highest BCUT2D eigenvalue weighted by Crippen LogP contribution is 2.27. The number of fused-ring (bicyclic) bond motifs is 1. The molecule has 0 bridgehead atoms. The standard InChI is InChI=1S/C17H14N4O/c1-11-7-12(2)16-15(8-11)20-17(22-16)13-3-5-14(6-4-13)21-9-18-19-10-21/h3-10H,1-2H3. The van der Waals surface area contributed by atoms with Crippen molar-refractivity contribution in [3.63, 3.8) is 0 Å². The van der Waals surface area contributed by atoms with Gasteiger partial charge in [-0.25, -0.2) is 4.98 Å². The first kappa shape index (κ1) is 12.8. The van der Waals surface area contributed by atoms with Crippen LogP contribution in [0.5, 0.6) is 0 Å². The van der Waals surface area contributed by atoms with Crippen molar-refractivity contribution in [2.45, 2.75) is 13.8 Å². The summed E-state index contributed by atoms with van der Waals surface area (Å²) in [7, 11) is 0. The number of aryl methyl sites for hydroxylation is 2. The summed E-state index contributed by atoms with van der Waals surface area (Å²) in [5, 5.41) is 7.62. The smallest absolute Gasteiger partial charge is 0.227 e. The fraction of sp³-hybridized carbons (Fsp3) is 0.118. The highest BCUT2D eigenvalue weighted by molar-refractivity contribution is 5.80. The van der Waals surface area contributed by atoms with Gasteiger partial charge in [-0.1, -0.05) is 6.07 Å². The lowest BCUT2D eigenvalue weighted by molar-refractivity contribution is 0.617. The Balaban J connectivity index is 1.77. The van der Waals surface area contributed by atoms with Gasteiger partial charge in [-0.05, 0) is 55.3 Å². The zero-order valence-electron chi connectivity index (χ0n) is 12.3. The Bertz CT molecular complexity index is 937. The van der Waals surface area contributed by atoms with Crippen LogP contribution in [-0.4, -0.2) is 19.7 Å². The first-order valence-corrected chi connectivity index (χ1v) is 7.04. The molecule has 0 amide bonds. The number of oxazole rings is 1. The van der Waals surface area contributed by atoms with E-state index in [2.05, 4.69) is 28.2 Å². The number of nitrogens with zero attached hydrogens (tertiary/aromatic N) is 4. The van der Waals surface area contributed by atoms with Crippen molar-refractivity contribution in [1.82, 2.24) is 19.7 Å². The Morgan fingerprint density at radius 2 is 1.68 bits per heavy atom. The molecular weight excluding hydrogens is 276 g/mol. The summed E-state index contributed by atoms with van der Waals surface area (Å²) in [6.45, 7) is 4.11. The Morgan fingerprint density at radius 1 is 0.955 bits per heavy atom. The highest BCUT2D eigenvalue weighted by atomic mass is 16.3. The number of aromatic nitrogens is 4.